The molecule has 0 spiro atoms. The van der Waals surface area contributed by atoms with Crippen molar-refractivity contribution in [1.82, 2.24) is 0 Å². The lowest BCUT2D eigenvalue weighted by Crippen LogP contribution is -2.15. The van der Waals surface area contributed by atoms with E-state index in [0.29, 0.717) is 6.04 Å². The Kier molecular flexibility index (Phi) is 3.56. The molecule has 70 valence electrons. The summed E-state index contributed by atoms with van der Waals surface area (Å²) in [5.41, 5.74) is 2.54. The summed E-state index contributed by atoms with van der Waals surface area (Å²) in [5.74, 6) is 0. The van der Waals surface area contributed by atoms with Crippen molar-refractivity contribution in [2.24, 2.45) is 0 Å². The van der Waals surface area contributed by atoms with Crippen molar-refractivity contribution in [2.45, 2.75) is 26.8 Å². The molecule has 1 rings (SSSR count). The molecule has 1 unspecified atom stereocenters. The Hall–Kier alpha value is -1.24. The van der Waals surface area contributed by atoms with Gasteiger partial charge in [0.05, 0.1) is 0 Å². The smallest absolute Gasteiger partial charge is 0.0442 e. The van der Waals surface area contributed by atoms with Gasteiger partial charge in [0, 0.05) is 11.7 Å². The zero-order chi connectivity index (χ0) is 9.68. The molecule has 0 saturated carbocycles. The van der Waals surface area contributed by atoms with Crippen LogP contribution in [0.1, 0.15) is 20.8 Å². The average molecular weight is 175 g/mol. The molecule has 1 nitrogen and oxygen atoms in total. The van der Waals surface area contributed by atoms with Gasteiger partial charge in [-0.15, -0.1) is 0 Å². The van der Waals surface area contributed by atoms with Crippen LogP contribution in [0.5, 0.6) is 0 Å². The Labute approximate surface area is 80.5 Å². The molecule has 0 bridgehead atoms. The quantitative estimate of drug-likeness (QED) is 0.694. The van der Waals surface area contributed by atoms with Crippen LogP contribution in [-0.2, 0) is 0 Å². The Morgan fingerprint density at radius 3 is 2.46 bits per heavy atom. The zero-order valence-corrected chi connectivity index (χ0v) is 8.54. The predicted octanol–water partition coefficient (Wildman–Crippen LogP) is 3.45. The lowest BCUT2D eigenvalue weighted by atomic mass is 10.1. The van der Waals surface area contributed by atoms with E-state index in [1.165, 1.54) is 11.3 Å². The van der Waals surface area contributed by atoms with Crippen LogP contribution in [0.25, 0.3) is 0 Å². The molecule has 0 saturated heterocycles. The van der Waals surface area contributed by atoms with Crippen molar-refractivity contribution in [3.63, 3.8) is 0 Å². The Morgan fingerprint density at radius 2 is 1.92 bits per heavy atom. The molecule has 0 aliphatic carbocycles. The van der Waals surface area contributed by atoms with E-state index in [1.54, 1.807) is 0 Å². The summed E-state index contributed by atoms with van der Waals surface area (Å²) in [6.45, 7) is 6.38. The number of hydrogen-bond donors (Lipinski definition) is 1. The molecule has 1 atom stereocenters. The van der Waals surface area contributed by atoms with Crippen LogP contribution in [0.4, 0.5) is 5.69 Å². The van der Waals surface area contributed by atoms with E-state index in [0.717, 1.165) is 0 Å². The van der Waals surface area contributed by atoms with Gasteiger partial charge in [0.25, 0.3) is 0 Å². The van der Waals surface area contributed by atoms with Crippen LogP contribution in [0, 0.1) is 0 Å². The average Bonchev–Trinajstić information content (AvgIpc) is 2.18. The topological polar surface area (TPSA) is 12.0 Å². The third-order valence-corrected chi connectivity index (χ3v) is 2.30. The summed E-state index contributed by atoms with van der Waals surface area (Å²) in [6, 6.07) is 10.7. The molecule has 1 N–H and O–H groups in total. The van der Waals surface area contributed by atoms with E-state index in [9.17, 15) is 0 Å². The fraction of sp³-hybridized carbons (Fsp3) is 0.333. The van der Waals surface area contributed by atoms with Crippen LogP contribution < -0.4 is 5.32 Å². The second-order valence-corrected chi connectivity index (χ2v) is 3.26. The van der Waals surface area contributed by atoms with E-state index >= 15 is 0 Å². The maximum Gasteiger partial charge on any atom is 0.0442 e. The second-order valence-electron chi connectivity index (χ2n) is 3.26. The molecule has 13 heavy (non-hydrogen) atoms. The van der Waals surface area contributed by atoms with Gasteiger partial charge in [-0.25, -0.2) is 0 Å². The molecule has 1 heteroatoms. The lowest BCUT2D eigenvalue weighted by Gasteiger charge is -2.15. The highest BCUT2D eigenvalue weighted by Gasteiger charge is 2.01. The highest BCUT2D eigenvalue weighted by atomic mass is 14.9. The number of allylic oxidation sites excluding steroid dienone is 1. The molecular formula is C12H17N. The molecule has 0 heterocycles. The first-order valence-electron chi connectivity index (χ1n) is 4.68. The minimum absolute atomic E-state index is 0.410. The first kappa shape index (κ1) is 9.85. The van der Waals surface area contributed by atoms with Gasteiger partial charge >= 0.3 is 0 Å². The lowest BCUT2D eigenvalue weighted by molar-refractivity contribution is 0.920. The van der Waals surface area contributed by atoms with Crippen LogP contribution in [-0.4, -0.2) is 6.04 Å². The summed E-state index contributed by atoms with van der Waals surface area (Å²) in [7, 11) is 0. The number of benzene rings is 1. The highest BCUT2D eigenvalue weighted by Crippen LogP contribution is 2.10. The van der Waals surface area contributed by atoms with Gasteiger partial charge in [0.2, 0.25) is 0 Å². The van der Waals surface area contributed by atoms with Crippen molar-refractivity contribution in [3.8, 4) is 0 Å². The van der Waals surface area contributed by atoms with Crippen molar-refractivity contribution < 1.29 is 0 Å². The monoisotopic (exact) mass is 175 g/mol. The molecule has 0 aromatic heterocycles. The second kappa shape index (κ2) is 4.70. The Bertz CT molecular complexity index is 274. The first-order valence-corrected chi connectivity index (χ1v) is 4.68. The third-order valence-electron chi connectivity index (χ3n) is 2.30. The van der Waals surface area contributed by atoms with Gasteiger partial charge in [-0.1, -0.05) is 29.8 Å². The molecular weight excluding hydrogens is 158 g/mol. The van der Waals surface area contributed by atoms with Gasteiger partial charge in [-0.2, -0.15) is 0 Å². The van der Waals surface area contributed by atoms with Crippen molar-refractivity contribution >= 4 is 5.69 Å². The van der Waals surface area contributed by atoms with E-state index < -0.39 is 0 Å². The fourth-order valence-electron chi connectivity index (χ4n) is 1.15. The Balaban J connectivity index is 2.60. The Morgan fingerprint density at radius 1 is 1.31 bits per heavy atom. The number of anilines is 1. The van der Waals surface area contributed by atoms with E-state index in [-0.39, 0.29) is 0 Å². The molecule has 1 aromatic rings. The van der Waals surface area contributed by atoms with Gasteiger partial charge in [0.1, 0.15) is 0 Å². The van der Waals surface area contributed by atoms with Crippen molar-refractivity contribution in [1.29, 1.82) is 0 Å². The molecule has 0 aliphatic heterocycles. The first-order chi connectivity index (χ1) is 6.24. The standard InChI is InChI=1S/C12H17N/c1-4-10(2)11(3)13-12-8-6-5-7-9-12/h4-9,11,13H,1-3H3/b10-4-. The van der Waals surface area contributed by atoms with Crippen molar-refractivity contribution in [3.05, 3.63) is 42.0 Å². The van der Waals surface area contributed by atoms with Crippen LogP contribution in [0.3, 0.4) is 0 Å². The fourth-order valence-corrected chi connectivity index (χ4v) is 1.15. The van der Waals surface area contributed by atoms with Gasteiger partial charge in [0.15, 0.2) is 0 Å². The predicted molar refractivity (Wildman–Crippen MR) is 59.0 cm³/mol. The minimum atomic E-state index is 0.410. The van der Waals surface area contributed by atoms with Crippen LogP contribution >= 0.6 is 0 Å². The normalized spacial score (nSPS) is 13.9. The van der Waals surface area contributed by atoms with Crippen LogP contribution in [0.15, 0.2) is 42.0 Å². The van der Waals surface area contributed by atoms with Gasteiger partial charge in [-0.3, -0.25) is 0 Å². The summed E-state index contributed by atoms with van der Waals surface area (Å²) in [5, 5.41) is 3.42. The maximum atomic E-state index is 3.42. The third kappa shape index (κ3) is 2.94. The zero-order valence-electron chi connectivity index (χ0n) is 8.54. The molecule has 0 aliphatic rings. The molecule has 0 amide bonds. The maximum absolute atomic E-state index is 3.42. The number of hydrogen-bond acceptors (Lipinski definition) is 1. The number of rotatable bonds is 3. The van der Waals surface area contributed by atoms with Crippen molar-refractivity contribution in [2.75, 3.05) is 5.32 Å². The highest BCUT2D eigenvalue weighted by molar-refractivity contribution is 5.44. The molecule has 0 fully saturated rings. The minimum Gasteiger partial charge on any atom is -0.379 e. The number of nitrogens with one attached hydrogen (secondary N) is 1. The van der Waals surface area contributed by atoms with E-state index in [4.69, 9.17) is 0 Å². The largest absolute Gasteiger partial charge is 0.379 e. The summed E-state index contributed by atoms with van der Waals surface area (Å²) in [6.07, 6.45) is 2.14. The van der Waals surface area contributed by atoms with Crippen LogP contribution in [0.2, 0.25) is 0 Å². The SMILES string of the molecule is C/C=C(/C)C(C)Nc1ccccc1. The van der Waals surface area contributed by atoms with Gasteiger partial charge < -0.3 is 5.32 Å². The molecule has 0 radical (unpaired) electrons. The van der Waals surface area contributed by atoms with Gasteiger partial charge in [-0.05, 0) is 32.9 Å². The number of para-hydroxylation sites is 1. The summed E-state index contributed by atoms with van der Waals surface area (Å²) in [4.78, 5) is 0. The summed E-state index contributed by atoms with van der Waals surface area (Å²) >= 11 is 0. The summed E-state index contributed by atoms with van der Waals surface area (Å²) < 4.78 is 0. The molecule has 1 aromatic carbocycles. The van der Waals surface area contributed by atoms with E-state index in [1.807, 2.05) is 18.2 Å². The van der Waals surface area contributed by atoms with E-state index in [2.05, 4.69) is 44.3 Å².